The molecule has 1 aliphatic carbocycles. The van der Waals surface area contributed by atoms with Crippen molar-refractivity contribution in [3.05, 3.63) is 40.6 Å². The first-order valence-electron chi connectivity index (χ1n) is 13.7. The Morgan fingerprint density at radius 3 is 2.65 bits per heavy atom. The number of nitrogens with one attached hydrogen (secondary N) is 1. The van der Waals surface area contributed by atoms with Crippen LogP contribution in [0, 0.1) is 0 Å². The molecule has 0 aliphatic heterocycles. The standard InChI is InChI=1S/C28H38N6O5S/c1-4-39-16-9-15-33(26(24-12-8-17-40-24)28(36)29-21-10-6-5-7-11-21)25(35)19-34-31-27(30-32-34)20-13-14-22(37-2)23(18-20)38-3/h8,12-14,17-18,21,26H,4-7,9-11,15-16,19H2,1-3H3,(H,29,36). The molecule has 40 heavy (non-hydrogen) atoms. The van der Waals surface area contributed by atoms with Gasteiger partial charge in [-0.1, -0.05) is 25.3 Å². The lowest BCUT2D eigenvalue weighted by molar-refractivity contribution is -0.142. The number of thiophene rings is 1. The fraction of sp³-hybridized carbons (Fsp3) is 0.536. The van der Waals surface area contributed by atoms with Gasteiger partial charge < -0.3 is 24.4 Å². The largest absolute Gasteiger partial charge is 0.493 e. The minimum Gasteiger partial charge on any atom is -0.493 e. The fourth-order valence-corrected chi connectivity index (χ4v) is 5.72. The van der Waals surface area contributed by atoms with Crippen LogP contribution < -0.4 is 14.8 Å². The third-order valence-electron chi connectivity index (χ3n) is 6.91. The number of carbonyl (C=O) groups is 2. The molecule has 3 aromatic rings. The number of amides is 2. The highest BCUT2D eigenvalue weighted by Crippen LogP contribution is 2.31. The maximum atomic E-state index is 13.8. The molecule has 1 aromatic carbocycles. The van der Waals surface area contributed by atoms with Gasteiger partial charge in [0.1, 0.15) is 12.6 Å². The van der Waals surface area contributed by atoms with Crippen LogP contribution in [0.1, 0.15) is 56.4 Å². The van der Waals surface area contributed by atoms with Crippen molar-refractivity contribution in [2.75, 3.05) is 34.0 Å². The average Bonchev–Trinajstić information content (AvgIpc) is 3.67. The number of rotatable bonds is 14. The van der Waals surface area contributed by atoms with Gasteiger partial charge in [0.05, 0.1) is 14.2 Å². The predicted octanol–water partition coefficient (Wildman–Crippen LogP) is 3.86. The summed E-state index contributed by atoms with van der Waals surface area (Å²) in [5, 5.41) is 17.8. The molecule has 11 nitrogen and oxygen atoms in total. The van der Waals surface area contributed by atoms with Crippen LogP contribution in [0.3, 0.4) is 0 Å². The molecule has 2 amide bonds. The summed E-state index contributed by atoms with van der Waals surface area (Å²) in [6, 6.07) is 8.50. The van der Waals surface area contributed by atoms with E-state index in [4.69, 9.17) is 14.2 Å². The number of carbonyl (C=O) groups excluding carboxylic acids is 2. The van der Waals surface area contributed by atoms with Crippen LogP contribution in [0.2, 0.25) is 0 Å². The molecule has 1 fully saturated rings. The molecule has 0 radical (unpaired) electrons. The van der Waals surface area contributed by atoms with Gasteiger partial charge in [0.25, 0.3) is 0 Å². The highest BCUT2D eigenvalue weighted by Gasteiger charge is 2.33. The monoisotopic (exact) mass is 570 g/mol. The van der Waals surface area contributed by atoms with E-state index in [0.29, 0.717) is 49.1 Å². The lowest BCUT2D eigenvalue weighted by atomic mass is 9.95. The van der Waals surface area contributed by atoms with Crippen molar-refractivity contribution < 1.29 is 23.8 Å². The Labute approximate surface area is 238 Å². The molecule has 0 bridgehead atoms. The maximum absolute atomic E-state index is 13.8. The van der Waals surface area contributed by atoms with Crippen molar-refractivity contribution in [1.82, 2.24) is 30.4 Å². The van der Waals surface area contributed by atoms with Crippen LogP contribution in [0.15, 0.2) is 35.7 Å². The molecule has 1 saturated carbocycles. The Morgan fingerprint density at radius 2 is 1.95 bits per heavy atom. The van der Waals surface area contributed by atoms with E-state index in [9.17, 15) is 9.59 Å². The predicted molar refractivity (Wildman–Crippen MR) is 151 cm³/mol. The van der Waals surface area contributed by atoms with Crippen molar-refractivity contribution in [1.29, 1.82) is 0 Å². The zero-order chi connectivity index (χ0) is 28.3. The number of hydrogen-bond acceptors (Lipinski definition) is 9. The quantitative estimate of drug-likeness (QED) is 0.290. The van der Waals surface area contributed by atoms with Crippen molar-refractivity contribution in [3.8, 4) is 22.9 Å². The van der Waals surface area contributed by atoms with Gasteiger partial charge in [-0.3, -0.25) is 9.59 Å². The molecule has 12 heteroatoms. The Bertz CT molecular complexity index is 1230. The Kier molecular flexibility index (Phi) is 10.9. The van der Waals surface area contributed by atoms with Crippen molar-refractivity contribution in [2.24, 2.45) is 0 Å². The summed E-state index contributed by atoms with van der Waals surface area (Å²) in [5.74, 6) is 1.04. The normalized spacial score (nSPS) is 14.5. The third kappa shape index (κ3) is 7.57. The molecule has 1 aliphatic rings. The maximum Gasteiger partial charge on any atom is 0.248 e. The molecule has 1 unspecified atom stereocenters. The zero-order valence-electron chi connectivity index (χ0n) is 23.4. The van der Waals surface area contributed by atoms with Crippen LogP contribution in [0.5, 0.6) is 11.5 Å². The second-order valence-corrected chi connectivity index (χ2v) is 10.6. The smallest absolute Gasteiger partial charge is 0.248 e. The van der Waals surface area contributed by atoms with Crippen LogP contribution in [0.25, 0.3) is 11.4 Å². The van der Waals surface area contributed by atoms with Gasteiger partial charge in [0.15, 0.2) is 11.5 Å². The second kappa shape index (κ2) is 14.8. The van der Waals surface area contributed by atoms with Gasteiger partial charge in [-0.05, 0) is 61.0 Å². The van der Waals surface area contributed by atoms with Gasteiger partial charge >= 0.3 is 0 Å². The average molecular weight is 571 g/mol. The summed E-state index contributed by atoms with van der Waals surface area (Å²) in [6.45, 7) is 3.21. The first-order valence-corrected chi connectivity index (χ1v) is 14.6. The molecule has 1 atom stereocenters. The molecule has 1 N–H and O–H groups in total. The number of tetrazole rings is 1. The molecule has 216 valence electrons. The second-order valence-electron chi connectivity index (χ2n) is 9.61. The van der Waals surface area contributed by atoms with Crippen molar-refractivity contribution in [2.45, 2.75) is 64.1 Å². The zero-order valence-corrected chi connectivity index (χ0v) is 24.2. The Balaban J connectivity index is 1.55. The van der Waals surface area contributed by atoms with Crippen LogP contribution in [-0.2, 0) is 20.9 Å². The number of methoxy groups -OCH3 is 2. The van der Waals surface area contributed by atoms with Gasteiger partial charge in [-0.15, -0.1) is 21.5 Å². The van der Waals surface area contributed by atoms with Crippen LogP contribution in [-0.4, -0.2) is 76.9 Å². The molecule has 0 saturated heterocycles. The lowest BCUT2D eigenvalue weighted by Gasteiger charge is -2.32. The topological polar surface area (TPSA) is 121 Å². The third-order valence-corrected chi connectivity index (χ3v) is 7.83. The van der Waals surface area contributed by atoms with Gasteiger partial charge in [-0.2, -0.15) is 4.80 Å². The highest BCUT2D eigenvalue weighted by atomic mass is 32.1. The van der Waals surface area contributed by atoms with Crippen molar-refractivity contribution in [3.63, 3.8) is 0 Å². The Morgan fingerprint density at radius 1 is 1.15 bits per heavy atom. The summed E-state index contributed by atoms with van der Waals surface area (Å²) in [6.07, 6.45) is 5.92. The van der Waals surface area contributed by atoms with Crippen molar-refractivity contribution >= 4 is 23.2 Å². The van der Waals surface area contributed by atoms with E-state index in [2.05, 4.69) is 20.7 Å². The molecule has 0 spiro atoms. The van der Waals surface area contributed by atoms with E-state index in [1.165, 1.54) is 22.6 Å². The van der Waals surface area contributed by atoms with E-state index in [-0.39, 0.29) is 24.4 Å². The summed E-state index contributed by atoms with van der Waals surface area (Å²) in [5.41, 5.74) is 0.674. The van der Waals surface area contributed by atoms with E-state index in [1.54, 1.807) is 37.3 Å². The molecular formula is C28H38N6O5S. The number of ether oxygens (including phenoxy) is 3. The highest BCUT2D eigenvalue weighted by molar-refractivity contribution is 7.10. The summed E-state index contributed by atoms with van der Waals surface area (Å²) < 4.78 is 16.2. The van der Waals surface area contributed by atoms with E-state index in [0.717, 1.165) is 30.6 Å². The van der Waals surface area contributed by atoms with Crippen LogP contribution >= 0.6 is 11.3 Å². The van der Waals surface area contributed by atoms with Gasteiger partial charge in [-0.25, -0.2) is 0 Å². The van der Waals surface area contributed by atoms with E-state index >= 15 is 0 Å². The molecule has 2 aromatic heterocycles. The van der Waals surface area contributed by atoms with E-state index in [1.807, 2.05) is 24.4 Å². The molecule has 2 heterocycles. The lowest BCUT2D eigenvalue weighted by Crippen LogP contribution is -2.48. The summed E-state index contributed by atoms with van der Waals surface area (Å²) in [7, 11) is 3.12. The number of benzene rings is 1. The van der Waals surface area contributed by atoms with E-state index < -0.39 is 6.04 Å². The molecule has 4 rings (SSSR count). The minimum atomic E-state index is -0.745. The number of aromatic nitrogens is 4. The number of nitrogens with zero attached hydrogens (tertiary/aromatic N) is 5. The Hall–Kier alpha value is -3.51. The fourth-order valence-electron chi connectivity index (χ4n) is 4.89. The van der Waals surface area contributed by atoms with Gasteiger partial charge in [0, 0.05) is 36.2 Å². The number of hydrogen-bond donors (Lipinski definition) is 1. The summed E-state index contributed by atoms with van der Waals surface area (Å²) >= 11 is 1.47. The minimum absolute atomic E-state index is 0.130. The van der Waals surface area contributed by atoms with Crippen LogP contribution in [0.4, 0.5) is 0 Å². The SMILES string of the molecule is CCOCCCN(C(=O)Cn1nnc(-c2ccc(OC)c(OC)c2)n1)C(C(=O)NC1CCCCC1)c1cccs1. The first kappa shape index (κ1) is 29.5. The first-order chi connectivity index (χ1) is 19.5. The van der Waals surface area contributed by atoms with Gasteiger partial charge in [0.2, 0.25) is 17.6 Å². The summed E-state index contributed by atoms with van der Waals surface area (Å²) in [4.78, 5) is 31.2. The molecular weight excluding hydrogens is 532 g/mol.